The molecule has 0 fully saturated rings. The smallest absolute Gasteiger partial charge is 0.200 e. The van der Waals surface area contributed by atoms with Crippen LogP contribution in [0.1, 0.15) is 40.5 Å². The summed E-state index contributed by atoms with van der Waals surface area (Å²) in [5, 5.41) is 0.580. The van der Waals surface area contributed by atoms with Crippen LogP contribution in [-0.2, 0) is 17.6 Å². The molecule has 3 aromatic carbocycles. The molecule has 0 amide bonds. The Morgan fingerprint density at radius 3 is 2.40 bits per heavy atom. The van der Waals surface area contributed by atoms with Crippen LogP contribution in [0.2, 0.25) is 0 Å². The van der Waals surface area contributed by atoms with Crippen molar-refractivity contribution in [1.82, 2.24) is 9.97 Å². The number of ether oxygens (including phenoxy) is 2. The van der Waals surface area contributed by atoms with Crippen LogP contribution in [0.4, 0.5) is 8.78 Å². The van der Waals surface area contributed by atoms with Gasteiger partial charge in [-0.1, -0.05) is 25.1 Å². The van der Waals surface area contributed by atoms with E-state index in [9.17, 15) is 18.8 Å². The summed E-state index contributed by atoms with van der Waals surface area (Å²) in [6.07, 6.45) is 3.20. The molecule has 0 saturated carbocycles. The molecule has 0 aliphatic rings. The second-order valence-electron chi connectivity index (χ2n) is 10.1. The van der Waals surface area contributed by atoms with Gasteiger partial charge in [-0.05, 0) is 54.4 Å². The van der Waals surface area contributed by atoms with Crippen LogP contribution in [0.15, 0.2) is 77.9 Å². The van der Waals surface area contributed by atoms with Crippen LogP contribution in [0.25, 0.3) is 22.0 Å². The van der Waals surface area contributed by atoms with Crippen LogP contribution < -0.4 is 14.9 Å². The molecule has 9 heteroatoms. The first kappa shape index (κ1) is 29.3. The average Bonchev–Trinajstić information content (AvgIpc) is 2.99. The summed E-state index contributed by atoms with van der Waals surface area (Å²) in [5.74, 6) is -0.811. The number of benzene rings is 3. The van der Waals surface area contributed by atoms with Gasteiger partial charge in [0, 0.05) is 59.9 Å². The van der Waals surface area contributed by atoms with Crippen LogP contribution in [0.5, 0.6) is 17.2 Å². The minimum Gasteiger partial charge on any atom is -0.496 e. The van der Waals surface area contributed by atoms with Gasteiger partial charge in [0.25, 0.3) is 0 Å². The van der Waals surface area contributed by atoms with Gasteiger partial charge < -0.3 is 14.5 Å². The van der Waals surface area contributed by atoms with E-state index in [0.717, 1.165) is 0 Å². The minimum atomic E-state index is -0.699. The number of hydrogen-bond acceptors (Lipinski definition) is 6. The molecular weight excluding hydrogens is 554 g/mol. The van der Waals surface area contributed by atoms with E-state index in [1.165, 1.54) is 55.9 Å². The molecule has 0 spiro atoms. The summed E-state index contributed by atoms with van der Waals surface area (Å²) in [6, 6.07) is 14.7. The molecule has 1 N–H and O–H groups in total. The normalized spacial score (nSPS) is 11.0. The number of ketones is 2. The maximum atomic E-state index is 15.2. The number of pyridine rings is 2. The zero-order valence-corrected chi connectivity index (χ0v) is 23.8. The van der Waals surface area contributed by atoms with E-state index in [1.807, 2.05) is 0 Å². The molecule has 0 aliphatic carbocycles. The van der Waals surface area contributed by atoms with Gasteiger partial charge in [-0.15, -0.1) is 0 Å². The first-order chi connectivity index (χ1) is 20.7. The van der Waals surface area contributed by atoms with Gasteiger partial charge in [0.2, 0.25) is 0 Å². The predicted octanol–water partition coefficient (Wildman–Crippen LogP) is 6.92. The maximum absolute atomic E-state index is 15.2. The lowest BCUT2D eigenvalue weighted by molar-refractivity contribution is -0.118. The van der Waals surface area contributed by atoms with Crippen LogP contribution in [-0.4, -0.2) is 28.6 Å². The second-order valence-corrected chi connectivity index (χ2v) is 10.1. The fraction of sp³-hybridized carbons (Fsp3) is 0.176. The number of fused-ring (bicyclic) bond motifs is 1. The van der Waals surface area contributed by atoms with Crippen molar-refractivity contribution in [2.75, 3.05) is 7.11 Å². The lowest BCUT2D eigenvalue weighted by Gasteiger charge is -2.13. The van der Waals surface area contributed by atoms with Crippen molar-refractivity contribution in [3.8, 4) is 28.4 Å². The van der Waals surface area contributed by atoms with E-state index in [1.54, 1.807) is 38.1 Å². The number of halogens is 2. The zero-order valence-electron chi connectivity index (χ0n) is 23.8. The highest BCUT2D eigenvalue weighted by molar-refractivity contribution is 5.98. The Labute approximate surface area is 246 Å². The van der Waals surface area contributed by atoms with Gasteiger partial charge in [-0.2, -0.15) is 0 Å². The third-order valence-electron chi connectivity index (χ3n) is 7.18. The SMILES string of the molecule is CCC(=O)Cc1cc2c(Oc3ccc(CC(=O)c4c[nH]c(C)c(-c5ccc(F)cc5)c4=O)cc3F)ccnc2cc1OC. The van der Waals surface area contributed by atoms with E-state index < -0.39 is 22.8 Å². The first-order valence-corrected chi connectivity index (χ1v) is 13.6. The Morgan fingerprint density at radius 1 is 0.930 bits per heavy atom. The van der Waals surface area contributed by atoms with Gasteiger partial charge in [-0.3, -0.25) is 19.4 Å². The van der Waals surface area contributed by atoms with E-state index in [4.69, 9.17) is 9.47 Å². The van der Waals surface area contributed by atoms with Gasteiger partial charge in [0.1, 0.15) is 23.1 Å². The number of methoxy groups -OCH3 is 1. The predicted molar refractivity (Wildman–Crippen MR) is 159 cm³/mol. The fourth-order valence-electron chi connectivity index (χ4n) is 4.88. The summed E-state index contributed by atoms with van der Waals surface area (Å²) in [6.45, 7) is 3.48. The number of aromatic nitrogens is 2. The summed E-state index contributed by atoms with van der Waals surface area (Å²) in [4.78, 5) is 45.8. The fourth-order valence-corrected chi connectivity index (χ4v) is 4.88. The summed E-state index contributed by atoms with van der Waals surface area (Å²) >= 11 is 0. The standard InChI is InChI=1S/C34H28F2N2O5/c1-4-24(39)15-22-16-25-28(17-32(22)42-3)37-12-11-30(25)43-31-10-5-20(13-27(31)36)14-29(40)26-18-38-19(2)33(34(26)41)21-6-8-23(35)9-7-21/h5-13,16-18H,4,14-15H2,1-3H3,(H,38,41). The van der Waals surface area contributed by atoms with E-state index in [2.05, 4.69) is 9.97 Å². The number of rotatable bonds is 10. The molecular formula is C34H28F2N2O5. The van der Waals surface area contributed by atoms with Crippen molar-refractivity contribution in [1.29, 1.82) is 0 Å². The molecule has 5 rings (SSSR count). The minimum absolute atomic E-state index is 0.0412. The maximum Gasteiger partial charge on any atom is 0.200 e. The summed E-state index contributed by atoms with van der Waals surface area (Å²) in [7, 11) is 1.52. The molecule has 0 aliphatic heterocycles. The zero-order chi connectivity index (χ0) is 30.7. The summed E-state index contributed by atoms with van der Waals surface area (Å²) in [5.41, 5.74) is 2.28. The number of carbonyl (C=O) groups excluding carboxylic acids is 2. The molecule has 0 bridgehead atoms. The molecule has 0 saturated heterocycles. The number of aryl methyl sites for hydroxylation is 1. The molecule has 0 atom stereocenters. The Hall–Kier alpha value is -5.18. The largest absolute Gasteiger partial charge is 0.496 e. The monoisotopic (exact) mass is 582 g/mol. The highest BCUT2D eigenvalue weighted by Crippen LogP contribution is 2.34. The number of nitrogens with zero attached hydrogens (tertiary/aromatic N) is 1. The number of hydrogen-bond donors (Lipinski definition) is 1. The number of Topliss-reactive ketones (excluding diaryl/α,β-unsaturated/α-hetero) is 2. The Bertz CT molecular complexity index is 1920. The third-order valence-corrected chi connectivity index (χ3v) is 7.18. The van der Waals surface area contributed by atoms with Crippen molar-refractivity contribution >= 4 is 22.5 Å². The molecule has 7 nitrogen and oxygen atoms in total. The lowest BCUT2D eigenvalue weighted by atomic mass is 9.98. The Morgan fingerprint density at radius 2 is 1.70 bits per heavy atom. The quantitative estimate of drug-likeness (QED) is 0.180. The van der Waals surface area contributed by atoms with Gasteiger partial charge >= 0.3 is 0 Å². The lowest BCUT2D eigenvalue weighted by Crippen LogP contribution is -2.20. The van der Waals surface area contributed by atoms with Crippen molar-refractivity contribution in [2.45, 2.75) is 33.1 Å². The summed E-state index contributed by atoms with van der Waals surface area (Å²) < 4.78 is 40.0. The van der Waals surface area contributed by atoms with Crippen molar-refractivity contribution < 1.29 is 27.8 Å². The topological polar surface area (TPSA) is 98.4 Å². The number of H-pyrrole nitrogens is 1. The number of aromatic amines is 1. The van der Waals surface area contributed by atoms with Crippen LogP contribution >= 0.6 is 0 Å². The Balaban J connectivity index is 1.40. The second kappa shape index (κ2) is 12.4. The Kier molecular flexibility index (Phi) is 8.43. The van der Waals surface area contributed by atoms with E-state index >= 15 is 4.39 Å². The van der Waals surface area contributed by atoms with Gasteiger partial charge in [0.05, 0.1) is 18.2 Å². The van der Waals surface area contributed by atoms with Crippen molar-refractivity contribution in [3.63, 3.8) is 0 Å². The van der Waals surface area contributed by atoms with Gasteiger partial charge in [0.15, 0.2) is 22.8 Å². The molecule has 5 aromatic rings. The van der Waals surface area contributed by atoms with Gasteiger partial charge in [-0.25, -0.2) is 8.78 Å². The van der Waals surface area contributed by atoms with Crippen LogP contribution in [0.3, 0.4) is 0 Å². The van der Waals surface area contributed by atoms with Crippen molar-refractivity contribution in [3.05, 3.63) is 117 Å². The first-order valence-electron chi connectivity index (χ1n) is 13.6. The highest BCUT2D eigenvalue weighted by atomic mass is 19.1. The van der Waals surface area contributed by atoms with Crippen LogP contribution in [0, 0.1) is 18.6 Å². The molecule has 43 heavy (non-hydrogen) atoms. The molecule has 2 heterocycles. The van der Waals surface area contributed by atoms with E-state index in [-0.39, 0.29) is 35.5 Å². The highest BCUT2D eigenvalue weighted by Gasteiger charge is 2.19. The van der Waals surface area contributed by atoms with Crippen molar-refractivity contribution in [2.24, 2.45) is 0 Å². The molecule has 218 valence electrons. The molecule has 2 aromatic heterocycles. The molecule has 0 radical (unpaired) electrons. The van der Waals surface area contributed by atoms with E-state index in [0.29, 0.717) is 51.2 Å². The number of nitrogens with one attached hydrogen (secondary N) is 1. The average molecular weight is 583 g/mol. The third kappa shape index (κ3) is 6.21. The number of carbonyl (C=O) groups is 2. The molecule has 0 unspecified atom stereocenters.